The highest BCUT2D eigenvalue weighted by Crippen LogP contribution is 2.28. The van der Waals surface area contributed by atoms with E-state index in [0.29, 0.717) is 30.2 Å². The number of hydrogen-bond acceptors (Lipinski definition) is 5. The number of rotatable bonds is 9. The van der Waals surface area contributed by atoms with Crippen molar-refractivity contribution in [1.82, 2.24) is 5.32 Å². The van der Waals surface area contributed by atoms with Crippen LogP contribution >= 0.6 is 0 Å². The molecule has 0 aromatic heterocycles. The van der Waals surface area contributed by atoms with Crippen molar-refractivity contribution in [3.63, 3.8) is 0 Å². The average Bonchev–Trinajstić information content (AvgIpc) is 2.65. The van der Waals surface area contributed by atoms with Gasteiger partial charge in [0.15, 0.2) is 18.1 Å². The smallest absolute Gasteiger partial charge is 0.341 e. The number of nitrogens with one attached hydrogen (secondary N) is 1. The van der Waals surface area contributed by atoms with Crippen LogP contribution in [-0.2, 0) is 11.3 Å². The molecule has 0 fully saturated rings. The van der Waals surface area contributed by atoms with Crippen molar-refractivity contribution in [2.75, 3.05) is 20.3 Å². The van der Waals surface area contributed by atoms with Gasteiger partial charge in [0.2, 0.25) is 0 Å². The fourth-order valence-corrected chi connectivity index (χ4v) is 2.30. The van der Waals surface area contributed by atoms with Gasteiger partial charge in [0, 0.05) is 17.7 Å². The molecule has 0 radical (unpaired) electrons. The fraction of sp³-hybridized carbons (Fsp3) is 0.263. The third kappa shape index (κ3) is 5.14. The lowest BCUT2D eigenvalue weighted by Crippen LogP contribution is -2.23. The molecular weight excluding hydrogens is 338 g/mol. The molecule has 138 valence electrons. The minimum absolute atomic E-state index is 0.274. The van der Waals surface area contributed by atoms with Gasteiger partial charge in [-0.2, -0.15) is 0 Å². The molecule has 0 unspecified atom stereocenters. The summed E-state index contributed by atoms with van der Waals surface area (Å²) in [5, 5.41) is 11.5. The predicted molar refractivity (Wildman–Crippen MR) is 94.9 cm³/mol. The lowest BCUT2D eigenvalue weighted by molar-refractivity contribution is -0.139. The topological polar surface area (TPSA) is 94.1 Å². The number of carbonyl (C=O) groups excluding carboxylic acids is 1. The van der Waals surface area contributed by atoms with E-state index in [1.165, 1.54) is 12.1 Å². The van der Waals surface area contributed by atoms with Crippen LogP contribution in [0.15, 0.2) is 42.5 Å². The zero-order valence-electron chi connectivity index (χ0n) is 14.7. The summed E-state index contributed by atoms with van der Waals surface area (Å²) in [6.45, 7) is 1.97. The molecule has 1 amide bonds. The van der Waals surface area contributed by atoms with Gasteiger partial charge in [0.05, 0.1) is 13.7 Å². The zero-order chi connectivity index (χ0) is 18.9. The first kappa shape index (κ1) is 19.1. The van der Waals surface area contributed by atoms with E-state index in [1.807, 2.05) is 24.3 Å². The summed E-state index contributed by atoms with van der Waals surface area (Å²) in [5.41, 5.74) is 1.24. The van der Waals surface area contributed by atoms with Gasteiger partial charge in [-0.25, -0.2) is 4.79 Å². The first-order valence-electron chi connectivity index (χ1n) is 8.06. The van der Waals surface area contributed by atoms with Crippen LogP contribution in [0.5, 0.6) is 17.2 Å². The summed E-state index contributed by atoms with van der Waals surface area (Å²) in [6, 6.07) is 12.0. The Bertz CT molecular complexity index is 774. The summed E-state index contributed by atoms with van der Waals surface area (Å²) < 4.78 is 15.9. The molecule has 0 spiro atoms. The summed E-state index contributed by atoms with van der Waals surface area (Å²) in [7, 11) is 1.57. The lowest BCUT2D eigenvalue weighted by atomic mass is 10.1. The number of para-hydroxylation sites is 1. The van der Waals surface area contributed by atoms with Crippen molar-refractivity contribution in [3.8, 4) is 17.2 Å². The summed E-state index contributed by atoms with van der Waals surface area (Å²) in [6.07, 6.45) is 0. The Kier molecular flexibility index (Phi) is 6.84. The van der Waals surface area contributed by atoms with Crippen molar-refractivity contribution < 1.29 is 28.9 Å². The lowest BCUT2D eigenvalue weighted by Gasteiger charge is -2.13. The number of carbonyl (C=O) groups is 2. The van der Waals surface area contributed by atoms with Crippen LogP contribution in [0.25, 0.3) is 0 Å². The maximum Gasteiger partial charge on any atom is 0.341 e. The van der Waals surface area contributed by atoms with E-state index in [2.05, 4.69) is 5.32 Å². The Morgan fingerprint density at radius 1 is 1.04 bits per heavy atom. The van der Waals surface area contributed by atoms with Crippen molar-refractivity contribution in [2.45, 2.75) is 13.5 Å². The third-order valence-corrected chi connectivity index (χ3v) is 3.49. The molecule has 2 aromatic rings. The van der Waals surface area contributed by atoms with Crippen LogP contribution in [0.4, 0.5) is 0 Å². The molecule has 0 aliphatic rings. The number of amides is 1. The summed E-state index contributed by atoms with van der Waals surface area (Å²) in [4.78, 5) is 23.1. The number of aliphatic carboxylic acids is 1. The van der Waals surface area contributed by atoms with E-state index in [9.17, 15) is 9.59 Å². The molecule has 7 nitrogen and oxygen atoms in total. The van der Waals surface area contributed by atoms with E-state index in [4.69, 9.17) is 19.3 Å². The van der Waals surface area contributed by atoms with Crippen molar-refractivity contribution in [1.29, 1.82) is 0 Å². The summed E-state index contributed by atoms with van der Waals surface area (Å²) in [5.74, 6) is -0.0952. The molecule has 0 saturated heterocycles. The molecular formula is C19H21NO6. The van der Waals surface area contributed by atoms with Gasteiger partial charge < -0.3 is 24.6 Å². The van der Waals surface area contributed by atoms with Crippen LogP contribution < -0.4 is 19.5 Å². The van der Waals surface area contributed by atoms with Gasteiger partial charge in [-0.3, -0.25) is 4.79 Å². The standard InChI is InChI=1S/C19H21NO6/c1-3-25-17-10-13(8-9-16(17)26-12-18(21)22)19(23)20-11-14-6-4-5-7-15(14)24-2/h4-10H,3,11-12H2,1-2H3,(H,20,23)(H,21,22). The van der Waals surface area contributed by atoms with E-state index in [1.54, 1.807) is 20.1 Å². The Balaban J connectivity index is 2.10. The number of carboxylic acids is 1. The SMILES string of the molecule is CCOc1cc(C(=O)NCc2ccccc2OC)ccc1OCC(=O)O. The van der Waals surface area contributed by atoms with Crippen LogP contribution in [-0.4, -0.2) is 37.3 Å². The predicted octanol–water partition coefficient (Wildman–Crippen LogP) is 2.49. The molecule has 0 saturated carbocycles. The number of methoxy groups -OCH3 is 1. The average molecular weight is 359 g/mol. The molecule has 0 aliphatic heterocycles. The minimum atomic E-state index is -1.09. The van der Waals surface area contributed by atoms with Gasteiger partial charge in [-0.05, 0) is 31.2 Å². The van der Waals surface area contributed by atoms with Gasteiger partial charge in [-0.1, -0.05) is 18.2 Å². The second-order valence-electron chi connectivity index (χ2n) is 5.27. The molecule has 26 heavy (non-hydrogen) atoms. The van der Waals surface area contributed by atoms with Crippen molar-refractivity contribution in [2.24, 2.45) is 0 Å². The van der Waals surface area contributed by atoms with E-state index in [-0.39, 0.29) is 11.7 Å². The molecule has 0 aliphatic carbocycles. The van der Waals surface area contributed by atoms with Crippen LogP contribution in [0, 0.1) is 0 Å². The van der Waals surface area contributed by atoms with E-state index < -0.39 is 12.6 Å². The minimum Gasteiger partial charge on any atom is -0.496 e. The third-order valence-electron chi connectivity index (χ3n) is 3.49. The van der Waals surface area contributed by atoms with Crippen LogP contribution in [0.2, 0.25) is 0 Å². The van der Waals surface area contributed by atoms with E-state index >= 15 is 0 Å². The van der Waals surface area contributed by atoms with E-state index in [0.717, 1.165) is 5.56 Å². The van der Waals surface area contributed by atoms with Crippen LogP contribution in [0.3, 0.4) is 0 Å². The zero-order valence-corrected chi connectivity index (χ0v) is 14.7. The normalized spacial score (nSPS) is 10.1. The maximum absolute atomic E-state index is 12.4. The van der Waals surface area contributed by atoms with Crippen molar-refractivity contribution >= 4 is 11.9 Å². The van der Waals surface area contributed by atoms with Crippen LogP contribution in [0.1, 0.15) is 22.8 Å². The quantitative estimate of drug-likeness (QED) is 0.714. The monoisotopic (exact) mass is 359 g/mol. The molecule has 0 bridgehead atoms. The van der Waals surface area contributed by atoms with Gasteiger partial charge >= 0.3 is 5.97 Å². The Morgan fingerprint density at radius 3 is 2.50 bits per heavy atom. The Morgan fingerprint density at radius 2 is 1.81 bits per heavy atom. The Hall–Kier alpha value is -3.22. The highest BCUT2D eigenvalue weighted by atomic mass is 16.5. The number of hydrogen-bond donors (Lipinski definition) is 2. The Labute approximate surface area is 151 Å². The van der Waals surface area contributed by atoms with Crippen molar-refractivity contribution in [3.05, 3.63) is 53.6 Å². The van der Waals surface area contributed by atoms with Gasteiger partial charge in [-0.15, -0.1) is 0 Å². The first-order valence-corrected chi connectivity index (χ1v) is 8.06. The fourth-order valence-electron chi connectivity index (χ4n) is 2.30. The number of benzene rings is 2. The second-order valence-corrected chi connectivity index (χ2v) is 5.27. The number of carboxylic acid groups (broad SMARTS) is 1. The summed E-state index contributed by atoms with van der Waals surface area (Å²) >= 11 is 0. The molecule has 0 atom stereocenters. The largest absolute Gasteiger partial charge is 0.496 e. The molecule has 7 heteroatoms. The maximum atomic E-state index is 12.4. The highest BCUT2D eigenvalue weighted by molar-refractivity contribution is 5.94. The molecule has 2 rings (SSSR count). The highest BCUT2D eigenvalue weighted by Gasteiger charge is 2.13. The van der Waals surface area contributed by atoms with Gasteiger partial charge in [0.25, 0.3) is 5.91 Å². The molecule has 0 heterocycles. The number of ether oxygens (including phenoxy) is 3. The van der Waals surface area contributed by atoms with Gasteiger partial charge in [0.1, 0.15) is 5.75 Å². The first-order chi connectivity index (χ1) is 12.5. The molecule has 2 aromatic carbocycles. The molecule has 2 N–H and O–H groups in total. The second kappa shape index (κ2) is 9.31.